The Morgan fingerprint density at radius 3 is 2.95 bits per heavy atom. The summed E-state index contributed by atoms with van der Waals surface area (Å²) in [6.07, 6.45) is 5.31. The van der Waals surface area contributed by atoms with Gasteiger partial charge in [0, 0.05) is 15.8 Å². The molecule has 1 aliphatic carbocycles. The van der Waals surface area contributed by atoms with Gasteiger partial charge in [-0.05, 0) is 49.3 Å². The van der Waals surface area contributed by atoms with Crippen LogP contribution in [0.5, 0.6) is 0 Å². The minimum absolute atomic E-state index is 0.341. The maximum absolute atomic E-state index is 4.75. The first kappa shape index (κ1) is 14.5. The van der Waals surface area contributed by atoms with E-state index < -0.39 is 0 Å². The molecule has 0 amide bonds. The molecule has 108 valence electrons. The molecule has 2 aliphatic rings. The SMILES string of the molecule is CC1CCC2(CC1)CSC(=NCc1cccc(Br)c1)N2. The van der Waals surface area contributed by atoms with E-state index in [2.05, 4.69) is 52.4 Å². The van der Waals surface area contributed by atoms with Crippen LogP contribution in [0, 0.1) is 5.92 Å². The van der Waals surface area contributed by atoms with Crippen molar-refractivity contribution in [1.29, 1.82) is 0 Å². The highest BCUT2D eigenvalue weighted by atomic mass is 79.9. The Kier molecular flexibility index (Phi) is 4.41. The molecule has 0 atom stereocenters. The van der Waals surface area contributed by atoms with E-state index in [9.17, 15) is 0 Å². The van der Waals surface area contributed by atoms with E-state index in [-0.39, 0.29) is 0 Å². The lowest BCUT2D eigenvalue weighted by Crippen LogP contribution is -2.46. The van der Waals surface area contributed by atoms with E-state index in [4.69, 9.17) is 4.99 Å². The smallest absolute Gasteiger partial charge is 0.157 e. The van der Waals surface area contributed by atoms with Crippen molar-refractivity contribution in [2.75, 3.05) is 5.75 Å². The highest BCUT2D eigenvalue weighted by Crippen LogP contribution is 2.38. The molecule has 4 heteroatoms. The molecule has 1 heterocycles. The summed E-state index contributed by atoms with van der Waals surface area (Å²) in [5.74, 6) is 2.09. The molecular weight excluding hydrogens is 332 g/mol. The summed E-state index contributed by atoms with van der Waals surface area (Å²) >= 11 is 5.41. The molecule has 1 N–H and O–H groups in total. The number of halogens is 1. The number of aliphatic imine (C=N–C) groups is 1. The first-order chi connectivity index (χ1) is 9.65. The van der Waals surface area contributed by atoms with Crippen LogP contribution in [0.1, 0.15) is 38.2 Å². The Bertz CT molecular complexity index is 507. The van der Waals surface area contributed by atoms with Gasteiger partial charge in [0.2, 0.25) is 0 Å². The second kappa shape index (κ2) is 6.10. The predicted molar refractivity (Wildman–Crippen MR) is 91.2 cm³/mol. The molecule has 0 unspecified atom stereocenters. The van der Waals surface area contributed by atoms with Gasteiger partial charge in [-0.25, -0.2) is 0 Å². The van der Waals surface area contributed by atoms with Crippen molar-refractivity contribution < 1.29 is 0 Å². The molecule has 1 spiro atoms. The molecule has 2 nitrogen and oxygen atoms in total. The van der Waals surface area contributed by atoms with Gasteiger partial charge < -0.3 is 5.32 Å². The van der Waals surface area contributed by atoms with Crippen molar-refractivity contribution in [3.63, 3.8) is 0 Å². The van der Waals surface area contributed by atoms with E-state index in [1.807, 2.05) is 11.8 Å². The van der Waals surface area contributed by atoms with Gasteiger partial charge in [-0.1, -0.05) is 46.7 Å². The lowest BCUT2D eigenvalue weighted by Gasteiger charge is -2.35. The van der Waals surface area contributed by atoms with Crippen LogP contribution in [0.15, 0.2) is 33.7 Å². The standard InChI is InChI=1S/C16H21BrN2S/c1-12-5-7-16(8-6-12)11-20-15(19-16)18-10-13-3-2-4-14(17)9-13/h2-4,9,12H,5-8,10-11H2,1H3,(H,18,19). The number of hydrogen-bond acceptors (Lipinski definition) is 2. The van der Waals surface area contributed by atoms with Crippen LogP contribution in [-0.2, 0) is 6.54 Å². The number of hydrogen-bond donors (Lipinski definition) is 1. The molecule has 20 heavy (non-hydrogen) atoms. The van der Waals surface area contributed by atoms with Gasteiger partial charge in [-0.15, -0.1) is 0 Å². The maximum atomic E-state index is 4.75. The molecule has 1 aromatic rings. The van der Waals surface area contributed by atoms with Crippen LogP contribution < -0.4 is 5.32 Å². The average Bonchev–Trinajstić information content (AvgIpc) is 2.84. The van der Waals surface area contributed by atoms with Gasteiger partial charge in [0.25, 0.3) is 0 Å². The number of thioether (sulfide) groups is 1. The number of rotatable bonds is 2. The average molecular weight is 353 g/mol. The molecule has 1 aliphatic heterocycles. The van der Waals surface area contributed by atoms with Crippen molar-refractivity contribution in [3.8, 4) is 0 Å². The van der Waals surface area contributed by atoms with E-state index in [0.29, 0.717) is 5.54 Å². The Hall–Kier alpha value is -0.480. The van der Waals surface area contributed by atoms with Crippen molar-refractivity contribution in [2.45, 2.75) is 44.7 Å². The normalized spacial score (nSPS) is 31.7. The first-order valence-electron chi connectivity index (χ1n) is 7.35. The van der Waals surface area contributed by atoms with Crippen LogP contribution >= 0.6 is 27.7 Å². The number of benzene rings is 1. The summed E-state index contributed by atoms with van der Waals surface area (Å²) in [5, 5.41) is 4.85. The number of nitrogens with one attached hydrogen (secondary N) is 1. The Morgan fingerprint density at radius 1 is 1.40 bits per heavy atom. The van der Waals surface area contributed by atoms with Crippen molar-refractivity contribution >= 4 is 32.9 Å². The molecule has 0 aromatic heterocycles. The molecule has 1 saturated carbocycles. The summed E-state index contributed by atoms with van der Waals surface area (Å²) in [4.78, 5) is 4.75. The molecule has 0 bridgehead atoms. The van der Waals surface area contributed by atoms with E-state index >= 15 is 0 Å². The van der Waals surface area contributed by atoms with Crippen LogP contribution in [0.2, 0.25) is 0 Å². The van der Waals surface area contributed by atoms with Gasteiger partial charge >= 0.3 is 0 Å². The van der Waals surface area contributed by atoms with Crippen LogP contribution in [0.25, 0.3) is 0 Å². The van der Waals surface area contributed by atoms with Gasteiger partial charge in [-0.2, -0.15) is 0 Å². The number of nitrogens with zero attached hydrogens (tertiary/aromatic N) is 1. The fraction of sp³-hybridized carbons (Fsp3) is 0.562. The maximum Gasteiger partial charge on any atom is 0.157 e. The Labute approximate surface area is 134 Å². The molecule has 3 rings (SSSR count). The van der Waals surface area contributed by atoms with Gasteiger partial charge in [0.05, 0.1) is 6.54 Å². The monoisotopic (exact) mass is 352 g/mol. The minimum atomic E-state index is 0.341. The molecule has 1 saturated heterocycles. The number of amidine groups is 1. The highest BCUT2D eigenvalue weighted by Gasteiger charge is 2.39. The predicted octanol–water partition coefficient (Wildman–Crippen LogP) is 4.59. The van der Waals surface area contributed by atoms with Crippen LogP contribution in [0.3, 0.4) is 0 Å². The summed E-state index contributed by atoms with van der Waals surface area (Å²) in [6.45, 7) is 3.14. The Morgan fingerprint density at radius 2 is 2.20 bits per heavy atom. The summed E-state index contributed by atoms with van der Waals surface area (Å²) in [6, 6.07) is 8.39. The zero-order valence-electron chi connectivity index (χ0n) is 11.9. The van der Waals surface area contributed by atoms with E-state index in [1.165, 1.54) is 37.0 Å². The lowest BCUT2D eigenvalue weighted by atomic mass is 9.78. The summed E-state index contributed by atoms with van der Waals surface area (Å²) in [7, 11) is 0. The van der Waals surface area contributed by atoms with Crippen molar-refractivity contribution in [2.24, 2.45) is 10.9 Å². The fourth-order valence-electron chi connectivity index (χ4n) is 2.97. The second-order valence-corrected chi connectivity index (χ2v) is 8.01. The van der Waals surface area contributed by atoms with Crippen LogP contribution in [0.4, 0.5) is 0 Å². The summed E-state index contributed by atoms with van der Waals surface area (Å²) in [5.41, 5.74) is 1.60. The van der Waals surface area contributed by atoms with Gasteiger partial charge in [-0.3, -0.25) is 4.99 Å². The van der Waals surface area contributed by atoms with Crippen molar-refractivity contribution in [3.05, 3.63) is 34.3 Å². The largest absolute Gasteiger partial charge is 0.359 e. The third-order valence-electron chi connectivity index (χ3n) is 4.38. The third kappa shape index (κ3) is 3.40. The second-order valence-electron chi connectivity index (χ2n) is 6.13. The van der Waals surface area contributed by atoms with E-state index in [0.717, 1.165) is 22.1 Å². The molecule has 0 radical (unpaired) electrons. The summed E-state index contributed by atoms with van der Waals surface area (Å²) < 4.78 is 1.12. The molecule has 2 fully saturated rings. The van der Waals surface area contributed by atoms with Gasteiger partial charge in [0.15, 0.2) is 5.17 Å². The topological polar surface area (TPSA) is 24.4 Å². The zero-order valence-corrected chi connectivity index (χ0v) is 14.3. The Balaban J connectivity index is 1.61. The third-order valence-corrected chi connectivity index (χ3v) is 6.08. The lowest BCUT2D eigenvalue weighted by molar-refractivity contribution is 0.251. The molecular formula is C16H21BrN2S. The molecule has 1 aromatic carbocycles. The van der Waals surface area contributed by atoms with E-state index in [1.54, 1.807) is 0 Å². The fourth-order valence-corrected chi connectivity index (χ4v) is 4.64. The highest BCUT2D eigenvalue weighted by molar-refractivity contribution is 9.10. The quantitative estimate of drug-likeness (QED) is 0.841. The van der Waals surface area contributed by atoms with Gasteiger partial charge in [0.1, 0.15) is 0 Å². The first-order valence-corrected chi connectivity index (χ1v) is 9.13. The van der Waals surface area contributed by atoms with Crippen molar-refractivity contribution in [1.82, 2.24) is 5.32 Å². The van der Waals surface area contributed by atoms with Crippen LogP contribution in [-0.4, -0.2) is 16.5 Å². The minimum Gasteiger partial charge on any atom is -0.359 e. The zero-order chi connectivity index (χ0) is 14.0.